The van der Waals surface area contributed by atoms with Gasteiger partial charge in [0.15, 0.2) is 0 Å². The normalized spacial score (nSPS) is 12.4. The van der Waals surface area contributed by atoms with E-state index in [2.05, 4.69) is 5.32 Å². The molecule has 0 aliphatic rings. The van der Waals surface area contributed by atoms with E-state index < -0.39 is 28.5 Å². The van der Waals surface area contributed by atoms with Crippen molar-refractivity contribution in [2.45, 2.75) is 53.2 Å². The van der Waals surface area contributed by atoms with E-state index in [0.29, 0.717) is 10.7 Å². The Labute approximate surface area is 201 Å². The maximum absolute atomic E-state index is 13.5. The summed E-state index contributed by atoms with van der Waals surface area (Å²) in [6.07, 6.45) is 1.07. The molecule has 0 spiro atoms. The molecule has 2 amide bonds. The van der Waals surface area contributed by atoms with Crippen LogP contribution < -0.4 is 9.62 Å². The molecule has 2 aromatic rings. The molecule has 0 unspecified atom stereocenters. The summed E-state index contributed by atoms with van der Waals surface area (Å²) in [6, 6.07) is 11.4. The molecule has 0 saturated heterocycles. The Morgan fingerprint density at radius 2 is 1.73 bits per heavy atom. The van der Waals surface area contributed by atoms with E-state index in [1.165, 1.54) is 4.90 Å². The Kier molecular flexibility index (Phi) is 8.91. The van der Waals surface area contributed by atoms with E-state index in [1.807, 2.05) is 26.8 Å². The number of nitrogens with one attached hydrogen (secondary N) is 1. The smallest absolute Gasteiger partial charge is 0.244 e. The van der Waals surface area contributed by atoms with Gasteiger partial charge in [0.25, 0.3) is 0 Å². The number of benzene rings is 2. The third-order valence-corrected chi connectivity index (χ3v) is 6.50. The van der Waals surface area contributed by atoms with Gasteiger partial charge in [0.05, 0.1) is 11.9 Å². The van der Waals surface area contributed by atoms with Crippen LogP contribution in [0.15, 0.2) is 42.5 Å². The van der Waals surface area contributed by atoms with Crippen LogP contribution in [0.4, 0.5) is 5.69 Å². The van der Waals surface area contributed by atoms with Crippen LogP contribution in [0.25, 0.3) is 0 Å². The van der Waals surface area contributed by atoms with Crippen molar-refractivity contribution >= 4 is 39.1 Å². The highest BCUT2D eigenvalue weighted by Gasteiger charge is 2.30. The third-order valence-electron chi connectivity index (χ3n) is 5.14. The molecule has 2 rings (SSSR count). The molecule has 0 aliphatic heterocycles. The lowest BCUT2D eigenvalue weighted by Gasteiger charge is -2.32. The van der Waals surface area contributed by atoms with Gasteiger partial charge in [-0.05, 0) is 63.9 Å². The van der Waals surface area contributed by atoms with Crippen molar-refractivity contribution in [3.63, 3.8) is 0 Å². The first kappa shape index (κ1) is 26.7. The lowest BCUT2D eigenvalue weighted by atomic mass is 10.1. The van der Waals surface area contributed by atoms with E-state index in [1.54, 1.807) is 50.2 Å². The molecule has 1 N–H and O–H groups in total. The Morgan fingerprint density at radius 1 is 1.06 bits per heavy atom. The number of carbonyl (C=O) groups is 2. The standard InChI is InChI=1S/C24H32ClN3O4S/c1-16(2)26-24(30)19(5)27(14-20-8-7-9-21(25)13-20)23(29)15-28(33(6,31)32)22-11-10-17(3)12-18(22)4/h7-13,16,19H,14-15H2,1-6H3,(H,26,30)/t19-/m0/s1. The van der Waals surface area contributed by atoms with Gasteiger partial charge < -0.3 is 10.2 Å². The van der Waals surface area contributed by atoms with Crippen LogP contribution in [-0.4, -0.2) is 50.0 Å². The Bertz CT molecular complexity index is 1120. The zero-order valence-electron chi connectivity index (χ0n) is 19.9. The highest BCUT2D eigenvalue weighted by Crippen LogP contribution is 2.24. The lowest BCUT2D eigenvalue weighted by molar-refractivity contribution is -0.139. The summed E-state index contributed by atoms with van der Waals surface area (Å²) in [5.41, 5.74) is 2.88. The number of hydrogen-bond donors (Lipinski definition) is 1. The zero-order valence-corrected chi connectivity index (χ0v) is 21.5. The average molecular weight is 494 g/mol. The molecular formula is C24H32ClN3O4S. The SMILES string of the molecule is Cc1ccc(N(CC(=O)N(Cc2cccc(Cl)c2)[C@@H](C)C(=O)NC(C)C)S(C)(=O)=O)c(C)c1. The monoisotopic (exact) mass is 493 g/mol. The molecule has 0 bridgehead atoms. The van der Waals surface area contributed by atoms with Crippen molar-refractivity contribution < 1.29 is 18.0 Å². The van der Waals surface area contributed by atoms with Gasteiger partial charge in [0.2, 0.25) is 21.8 Å². The van der Waals surface area contributed by atoms with Crippen molar-refractivity contribution in [2.75, 3.05) is 17.1 Å². The fraction of sp³-hybridized carbons (Fsp3) is 0.417. The van der Waals surface area contributed by atoms with Crippen molar-refractivity contribution in [2.24, 2.45) is 0 Å². The largest absolute Gasteiger partial charge is 0.352 e. The van der Waals surface area contributed by atoms with Crippen LogP contribution in [0.1, 0.15) is 37.5 Å². The van der Waals surface area contributed by atoms with Crippen molar-refractivity contribution in [3.05, 3.63) is 64.2 Å². The fourth-order valence-electron chi connectivity index (χ4n) is 3.50. The molecule has 0 aliphatic carbocycles. The number of carbonyl (C=O) groups excluding carboxylic acids is 2. The first-order valence-electron chi connectivity index (χ1n) is 10.7. The number of sulfonamides is 1. The summed E-state index contributed by atoms with van der Waals surface area (Å²) in [5.74, 6) is -0.815. The van der Waals surface area contributed by atoms with E-state index in [-0.39, 0.29) is 18.5 Å². The number of halogens is 1. The first-order chi connectivity index (χ1) is 15.3. The summed E-state index contributed by atoms with van der Waals surface area (Å²) in [5, 5.41) is 3.32. The molecule has 0 aromatic heterocycles. The third kappa shape index (κ3) is 7.47. The van der Waals surface area contributed by atoms with Crippen LogP contribution >= 0.6 is 11.6 Å². The number of nitrogens with zero attached hydrogens (tertiary/aromatic N) is 2. The summed E-state index contributed by atoms with van der Waals surface area (Å²) in [4.78, 5) is 27.6. The number of amides is 2. The molecule has 33 heavy (non-hydrogen) atoms. The van der Waals surface area contributed by atoms with Crippen LogP contribution in [-0.2, 0) is 26.2 Å². The maximum atomic E-state index is 13.5. The van der Waals surface area contributed by atoms with Gasteiger partial charge in [-0.1, -0.05) is 41.4 Å². The average Bonchev–Trinajstić information content (AvgIpc) is 2.69. The van der Waals surface area contributed by atoms with Gasteiger partial charge >= 0.3 is 0 Å². The Hall–Kier alpha value is -2.58. The quantitative estimate of drug-likeness (QED) is 0.577. The molecule has 0 heterocycles. The molecule has 180 valence electrons. The molecule has 2 aromatic carbocycles. The van der Waals surface area contributed by atoms with Gasteiger partial charge in [-0.15, -0.1) is 0 Å². The van der Waals surface area contributed by atoms with E-state index in [4.69, 9.17) is 11.6 Å². The van der Waals surface area contributed by atoms with E-state index in [9.17, 15) is 18.0 Å². The summed E-state index contributed by atoms with van der Waals surface area (Å²) in [6.45, 7) is 8.68. The van der Waals surface area contributed by atoms with Gasteiger partial charge in [-0.2, -0.15) is 0 Å². The summed E-state index contributed by atoms with van der Waals surface area (Å²) < 4.78 is 26.4. The second kappa shape index (κ2) is 11.0. The first-order valence-corrected chi connectivity index (χ1v) is 12.9. The molecule has 1 atom stereocenters. The second-order valence-electron chi connectivity index (χ2n) is 8.55. The maximum Gasteiger partial charge on any atom is 0.244 e. The highest BCUT2D eigenvalue weighted by molar-refractivity contribution is 7.92. The molecular weight excluding hydrogens is 462 g/mol. The second-order valence-corrected chi connectivity index (χ2v) is 10.9. The summed E-state index contributed by atoms with van der Waals surface area (Å²) in [7, 11) is -3.76. The van der Waals surface area contributed by atoms with Gasteiger partial charge in [-0.25, -0.2) is 8.42 Å². The van der Waals surface area contributed by atoms with E-state index >= 15 is 0 Å². The minimum absolute atomic E-state index is 0.106. The predicted octanol–water partition coefficient (Wildman–Crippen LogP) is 3.66. The molecule has 9 heteroatoms. The van der Waals surface area contributed by atoms with E-state index in [0.717, 1.165) is 27.3 Å². The number of hydrogen-bond acceptors (Lipinski definition) is 4. The van der Waals surface area contributed by atoms with Crippen LogP contribution in [0, 0.1) is 13.8 Å². The fourth-order valence-corrected chi connectivity index (χ4v) is 4.62. The number of aryl methyl sites for hydroxylation is 2. The highest BCUT2D eigenvalue weighted by atomic mass is 35.5. The minimum Gasteiger partial charge on any atom is -0.352 e. The minimum atomic E-state index is -3.76. The molecule has 0 radical (unpaired) electrons. The summed E-state index contributed by atoms with van der Waals surface area (Å²) >= 11 is 6.10. The number of rotatable bonds is 9. The van der Waals surface area contributed by atoms with Gasteiger partial charge in [0.1, 0.15) is 12.6 Å². The molecule has 0 saturated carbocycles. The Balaban J connectivity index is 2.42. The lowest BCUT2D eigenvalue weighted by Crippen LogP contribution is -2.52. The van der Waals surface area contributed by atoms with Crippen molar-refractivity contribution in [3.8, 4) is 0 Å². The zero-order chi connectivity index (χ0) is 24.9. The predicted molar refractivity (Wildman–Crippen MR) is 133 cm³/mol. The van der Waals surface area contributed by atoms with Gasteiger partial charge in [-0.3, -0.25) is 13.9 Å². The van der Waals surface area contributed by atoms with Crippen molar-refractivity contribution in [1.29, 1.82) is 0 Å². The molecule has 7 nitrogen and oxygen atoms in total. The van der Waals surface area contributed by atoms with Gasteiger partial charge in [0, 0.05) is 17.6 Å². The topological polar surface area (TPSA) is 86.8 Å². The Morgan fingerprint density at radius 3 is 2.27 bits per heavy atom. The van der Waals surface area contributed by atoms with Crippen molar-refractivity contribution in [1.82, 2.24) is 10.2 Å². The van der Waals surface area contributed by atoms with Crippen LogP contribution in [0.5, 0.6) is 0 Å². The van der Waals surface area contributed by atoms with Crippen LogP contribution in [0.3, 0.4) is 0 Å². The number of anilines is 1. The van der Waals surface area contributed by atoms with Crippen LogP contribution in [0.2, 0.25) is 5.02 Å². The molecule has 0 fully saturated rings.